The molecule has 1 fully saturated rings. The molecule has 0 radical (unpaired) electrons. The summed E-state index contributed by atoms with van der Waals surface area (Å²) in [5.41, 5.74) is -0.0588. The molecule has 1 aromatic carbocycles. The van der Waals surface area contributed by atoms with Crippen LogP contribution in [-0.4, -0.2) is 35.8 Å². The van der Waals surface area contributed by atoms with Crippen LogP contribution in [-0.2, 0) is 4.79 Å². The van der Waals surface area contributed by atoms with Gasteiger partial charge in [-0.1, -0.05) is 15.9 Å². The Labute approximate surface area is 131 Å². The maximum absolute atomic E-state index is 13.7. The van der Waals surface area contributed by atoms with Gasteiger partial charge in [-0.25, -0.2) is 4.39 Å². The fraction of sp³-hybridized carbons (Fsp3) is 0.467. The third kappa shape index (κ3) is 4.03. The Hall–Kier alpha value is -1.43. The number of nitrogens with one attached hydrogen (secondary N) is 1. The molecule has 0 aliphatic carbocycles. The molecule has 1 unspecified atom stereocenters. The fourth-order valence-corrected chi connectivity index (χ4v) is 2.73. The molecule has 1 heterocycles. The van der Waals surface area contributed by atoms with Gasteiger partial charge in [-0.05, 0) is 44.4 Å². The number of nitrogens with zero attached hydrogens (tertiary/aromatic N) is 1. The Morgan fingerprint density at radius 3 is 2.57 bits per heavy atom. The highest BCUT2D eigenvalue weighted by Gasteiger charge is 2.24. The van der Waals surface area contributed by atoms with Crippen LogP contribution in [0.4, 0.5) is 4.39 Å². The van der Waals surface area contributed by atoms with Crippen LogP contribution in [0.2, 0.25) is 0 Å². The number of rotatable bonds is 3. The fourth-order valence-electron chi connectivity index (χ4n) is 2.40. The first-order valence-corrected chi connectivity index (χ1v) is 7.83. The maximum Gasteiger partial charge on any atom is 0.254 e. The molecule has 2 rings (SSSR count). The minimum absolute atomic E-state index is 0.0588. The van der Waals surface area contributed by atoms with E-state index in [1.165, 1.54) is 12.1 Å². The smallest absolute Gasteiger partial charge is 0.254 e. The number of likely N-dealkylation sites (tertiary alicyclic amines) is 1. The van der Waals surface area contributed by atoms with Crippen LogP contribution < -0.4 is 5.32 Å². The van der Waals surface area contributed by atoms with Crippen LogP contribution in [0, 0.1) is 5.82 Å². The monoisotopic (exact) mass is 356 g/mol. The molecule has 1 saturated heterocycles. The summed E-state index contributed by atoms with van der Waals surface area (Å²) in [6, 6.07) is 3.56. The molecule has 2 amide bonds. The molecule has 21 heavy (non-hydrogen) atoms. The second-order valence-corrected chi connectivity index (χ2v) is 6.12. The molecule has 0 aromatic heterocycles. The van der Waals surface area contributed by atoms with E-state index in [1.807, 2.05) is 0 Å². The van der Waals surface area contributed by atoms with Crippen molar-refractivity contribution in [2.24, 2.45) is 0 Å². The van der Waals surface area contributed by atoms with Gasteiger partial charge in [0.05, 0.1) is 5.56 Å². The van der Waals surface area contributed by atoms with E-state index < -0.39 is 17.8 Å². The predicted octanol–water partition coefficient (Wildman–Crippen LogP) is 2.72. The molecule has 4 nitrogen and oxygen atoms in total. The Bertz CT molecular complexity index is 544. The second kappa shape index (κ2) is 7.02. The van der Waals surface area contributed by atoms with Crippen LogP contribution in [0.3, 0.4) is 0 Å². The summed E-state index contributed by atoms with van der Waals surface area (Å²) in [6.45, 7) is 3.09. The standard InChI is InChI=1S/C15H18BrFN2O2/c1-10(15(21)19-7-3-2-4-8-19)18-14(20)12-6-5-11(16)9-13(12)17/h5-6,9-10H,2-4,7-8H2,1H3,(H,18,20). The molecule has 1 aliphatic rings. The zero-order valence-electron chi connectivity index (χ0n) is 11.9. The van der Waals surface area contributed by atoms with Gasteiger partial charge in [0.25, 0.3) is 5.91 Å². The first-order valence-electron chi connectivity index (χ1n) is 7.04. The largest absolute Gasteiger partial charge is 0.341 e. The Morgan fingerprint density at radius 2 is 1.95 bits per heavy atom. The molecule has 1 aromatic rings. The first kappa shape index (κ1) is 15.9. The molecule has 0 saturated carbocycles. The van der Waals surface area contributed by atoms with Gasteiger partial charge < -0.3 is 10.2 Å². The highest BCUT2D eigenvalue weighted by atomic mass is 79.9. The summed E-state index contributed by atoms with van der Waals surface area (Å²) in [7, 11) is 0. The number of halogens is 2. The quantitative estimate of drug-likeness (QED) is 0.904. The molecular formula is C15H18BrFN2O2. The summed E-state index contributed by atoms with van der Waals surface area (Å²) >= 11 is 3.14. The Kier molecular flexibility index (Phi) is 5.33. The van der Waals surface area contributed by atoms with Gasteiger partial charge in [0, 0.05) is 17.6 Å². The number of benzene rings is 1. The zero-order chi connectivity index (χ0) is 15.4. The Morgan fingerprint density at radius 1 is 1.29 bits per heavy atom. The molecule has 6 heteroatoms. The van der Waals surface area contributed by atoms with E-state index in [0.29, 0.717) is 4.47 Å². The van der Waals surface area contributed by atoms with Crippen LogP contribution in [0.25, 0.3) is 0 Å². The predicted molar refractivity (Wildman–Crippen MR) is 81.5 cm³/mol. The number of carbonyl (C=O) groups excluding carboxylic acids is 2. The normalized spacial score (nSPS) is 16.4. The molecular weight excluding hydrogens is 339 g/mol. The second-order valence-electron chi connectivity index (χ2n) is 5.21. The van der Waals surface area contributed by atoms with E-state index in [-0.39, 0.29) is 11.5 Å². The van der Waals surface area contributed by atoms with Crippen molar-refractivity contribution < 1.29 is 14.0 Å². The molecule has 114 valence electrons. The van der Waals surface area contributed by atoms with E-state index in [2.05, 4.69) is 21.2 Å². The van der Waals surface area contributed by atoms with Crippen LogP contribution in [0.15, 0.2) is 22.7 Å². The lowest BCUT2D eigenvalue weighted by molar-refractivity contribution is -0.133. The van der Waals surface area contributed by atoms with Crippen molar-refractivity contribution in [1.29, 1.82) is 0 Å². The third-order valence-electron chi connectivity index (χ3n) is 3.56. The van der Waals surface area contributed by atoms with E-state index in [0.717, 1.165) is 32.4 Å². The first-order chi connectivity index (χ1) is 9.99. The van der Waals surface area contributed by atoms with Gasteiger partial charge in [0.2, 0.25) is 5.91 Å². The van der Waals surface area contributed by atoms with Crippen molar-refractivity contribution in [3.8, 4) is 0 Å². The van der Waals surface area contributed by atoms with Gasteiger partial charge in [-0.3, -0.25) is 9.59 Å². The van der Waals surface area contributed by atoms with E-state index in [1.54, 1.807) is 17.9 Å². The van der Waals surface area contributed by atoms with Crippen molar-refractivity contribution in [3.05, 3.63) is 34.1 Å². The van der Waals surface area contributed by atoms with Gasteiger partial charge in [-0.2, -0.15) is 0 Å². The lowest BCUT2D eigenvalue weighted by atomic mass is 10.1. The number of hydrogen-bond acceptors (Lipinski definition) is 2. The summed E-state index contributed by atoms with van der Waals surface area (Å²) in [5, 5.41) is 2.57. The average Bonchev–Trinajstić information content (AvgIpc) is 2.47. The Balaban J connectivity index is 1.99. The summed E-state index contributed by atoms with van der Waals surface area (Å²) in [4.78, 5) is 26.0. The van der Waals surface area contributed by atoms with Crippen LogP contribution in [0.5, 0.6) is 0 Å². The molecule has 1 atom stereocenters. The minimum Gasteiger partial charge on any atom is -0.341 e. The summed E-state index contributed by atoms with van der Waals surface area (Å²) in [6.07, 6.45) is 3.12. The van der Waals surface area contributed by atoms with Crippen LogP contribution in [0.1, 0.15) is 36.5 Å². The zero-order valence-corrected chi connectivity index (χ0v) is 13.5. The van der Waals surface area contributed by atoms with Gasteiger partial charge >= 0.3 is 0 Å². The van der Waals surface area contributed by atoms with Gasteiger partial charge in [0.15, 0.2) is 0 Å². The average molecular weight is 357 g/mol. The number of carbonyl (C=O) groups is 2. The van der Waals surface area contributed by atoms with Crippen LogP contribution >= 0.6 is 15.9 Å². The lowest BCUT2D eigenvalue weighted by Crippen LogP contribution is -2.48. The van der Waals surface area contributed by atoms with Crippen molar-refractivity contribution in [3.63, 3.8) is 0 Å². The molecule has 1 N–H and O–H groups in total. The number of hydrogen-bond donors (Lipinski definition) is 1. The van der Waals surface area contributed by atoms with Gasteiger partial charge in [0.1, 0.15) is 11.9 Å². The molecule has 1 aliphatic heterocycles. The van der Waals surface area contributed by atoms with E-state index in [4.69, 9.17) is 0 Å². The summed E-state index contributed by atoms with van der Waals surface area (Å²) < 4.78 is 14.3. The maximum atomic E-state index is 13.7. The number of piperidine rings is 1. The van der Waals surface area contributed by atoms with Crippen molar-refractivity contribution in [1.82, 2.24) is 10.2 Å². The SMILES string of the molecule is CC(NC(=O)c1ccc(Br)cc1F)C(=O)N1CCCCC1. The lowest BCUT2D eigenvalue weighted by Gasteiger charge is -2.29. The number of amides is 2. The molecule has 0 bridgehead atoms. The van der Waals surface area contributed by atoms with Crippen molar-refractivity contribution in [2.75, 3.05) is 13.1 Å². The van der Waals surface area contributed by atoms with Crippen molar-refractivity contribution >= 4 is 27.7 Å². The van der Waals surface area contributed by atoms with Gasteiger partial charge in [-0.15, -0.1) is 0 Å². The van der Waals surface area contributed by atoms with E-state index in [9.17, 15) is 14.0 Å². The highest BCUT2D eigenvalue weighted by Crippen LogP contribution is 2.15. The molecule has 0 spiro atoms. The highest BCUT2D eigenvalue weighted by molar-refractivity contribution is 9.10. The topological polar surface area (TPSA) is 49.4 Å². The van der Waals surface area contributed by atoms with E-state index >= 15 is 0 Å². The van der Waals surface area contributed by atoms with Crippen molar-refractivity contribution in [2.45, 2.75) is 32.2 Å². The third-order valence-corrected chi connectivity index (χ3v) is 4.05. The summed E-state index contributed by atoms with van der Waals surface area (Å²) in [5.74, 6) is -1.29. The minimum atomic E-state index is -0.654.